The number of hydrogen-bond acceptors (Lipinski definition) is 3. The molecule has 2 fully saturated rings. The Balaban J connectivity index is 0.00000242. The maximum atomic E-state index is 5.80. The lowest BCUT2D eigenvalue weighted by molar-refractivity contribution is -0.0163. The molecule has 6 heteroatoms. The Morgan fingerprint density at radius 1 is 1.32 bits per heavy atom. The molecule has 2 saturated heterocycles. The molecule has 0 amide bonds. The number of guanidine groups is 1. The number of likely N-dealkylation sites (N-methyl/N-ethyl adjacent to an activating group) is 1. The van der Waals surface area contributed by atoms with E-state index in [0.29, 0.717) is 0 Å². The first-order chi connectivity index (χ1) is 10.1. The van der Waals surface area contributed by atoms with E-state index in [4.69, 9.17) is 4.74 Å². The molecule has 22 heavy (non-hydrogen) atoms. The molecule has 0 saturated carbocycles. The molecule has 0 aliphatic carbocycles. The number of morpholine rings is 1. The zero-order valence-corrected chi connectivity index (χ0v) is 16.9. The van der Waals surface area contributed by atoms with E-state index >= 15 is 0 Å². The largest absolute Gasteiger partial charge is 0.374 e. The molecule has 5 nitrogen and oxygen atoms in total. The number of nitrogens with one attached hydrogen (secondary N) is 1. The minimum absolute atomic E-state index is 0. The van der Waals surface area contributed by atoms with Gasteiger partial charge in [0, 0.05) is 39.8 Å². The molecule has 2 aliphatic rings. The lowest BCUT2D eigenvalue weighted by Gasteiger charge is -2.31. The Hall–Kier alpha value is -0.0800. The Bertz CT molecular complexity index is 351. The van der Waals surface area contributed by atoms with Crippen molar-refractivity contribution < 1.29 is 4.74 Å². The van der Waals surface area contributed by atoms with Crippen LogP contribution in [0.15, 0.2) is 4.99 Å². The number of halogens is 1. The summed E-state index contributed by atoms with van der Waals surface area (Å²) in [6.45, 7) is 10.6. The van der Waals surface area contributed by atoms with Crippen LogP contribution in [-0.2, 0) is 4.74 Å². The van der Waals surface area contributed by atoms with Gasteiger partial charge in [0.15, 0.2) is 5.96 Å². The van der Waals surface area contributed by atoms with E-state index in [0.717, 1.165) is 57.1 Å². The van der Waals surface area contributed by atoms with Gasteiger partial charge in [0.1, 0.15) is 0 Å². The summed E-state index contributed by atoms with van der Waals surface area (Å²) >= 11 is 0. The summed E-state index contributed by atoms with van der Waals surface area (Å²) in [4.78, 5) is 9.18. The van der Waals surface area contributed by atoms with Crippen molar-refractivity contribution in [2.75, 3.05) is 53.4 Å². The SMILES string of the molecule is CN=C(NCC1CN(C)CCO1)N1CCC(CC(C)C)C1.I. The summed E-state index contributed by atoms with van der Waals surface area (Å²) < 4.78 is 5.80. The number of hydrogen-bond donors (Lipinski definition) is 1. The minimum Gasteiger partial charge on any atom is -0.374 e. The fourth-order valence-electron chi connectivity index (χ4n) is 3.41. The zero-order valence-electron chi connectivity index (χ0n) is 14.5. The maximum Gasteiger partial charge on any atom is 0.193 e. The van der Waals surface area contributed by atoms with Gasteiger partial charge in [0.2, 0.25) is 0 Å². The van der Waals surface area contributed by atoms with Crippen molar-refractivity contribution in [3.63, 3.8) is 0 Å². The molecule has 2 atom stereocenters. The number of aliphatic imine (C=N–C) groups is 1. The average Bonchev–Trinajstić information content (AvgIpc) is 2.87. The van der Waals surface area contributed by atoms with Crippen molar-refractivity contribution in [1.29, 1.82) is 0 Å². The molecule has 1 N–H and O–H groups in total. The Labute approximate surface area is 152 Å². The van der Waals surface area contributed by atoms with Crippen molar-refractivity contribution >= 4 is 29.9 Å². The molecule has 0 bridgehead atoms. The third-order valence-corrected chi connectivity index (χ3v) is 4.43. The van der Waals surface area contributed by atoms with Gasteiger partial charge >= 0.3 is 0 Å². The number of likely N-dealkylation sites (tertiary alicyclic amines) is 1. The molecule has 2 unspecified atom stereocenters. The normalized spacial score (nSPS) is 27.1. The molecular weight excluding hydrogens is 391 g/mol. The fraction of sp³-hybridized carbons (Fsp3) is 0.938. The van der Waals surface area contributed by atoms with Crippen LogP contribution in [0, 0.1) is 11.8 Å². The van der Waals surface area contributed by atoms with E-state index < -0.39 is 0 Å². The van der Waals surface area contributed by atoms with E-state index in [9.17, 15) is 0 Å². The second-order valence-electron chi connectivity index (χ2n) is 6.91. The summed E-state index contributed by atoms with van der Waals surface area (Å²) in [5.74, 6) is 2.65. The van der Waals surface area contributed by atoms with Gasteiger partial charge in [0.25, 0.3) is 0 Å². The van der Waals surface area contributed by atoms with Crippen LogP contribution in [0.5, 0.6) is 0 Å². The number of rotatable bonds is 4. The standard InChI is InChI=1S/C16H32N4O.HI/c1-13(2)9-14-5-6-20(11-14)16(17-3)18-10-15-12-19(4)7-8-21-15;/h13-15H,5-12H2,1-4H3,(H,17,18);1H. The first kappa shape index (κ1) is 20.0. The second kappa shape index (κ2) is 9.93. The van der Waals surface area contributed by atoms with Gasteiger partial charge in [-0.2, -0.15) is 0 Å². The zero-order chi connectivity index (χ0) is 15.2. The van der Waals surface area contributed by atoms with E-state index in [1.165, 1.54) is 12.8 Å². The molecule has 0 aromatic rings. The topological polar surface area (TPSA) is 40.1 Å². The smallest absolute Gasteiger partial charge is 0.193 e. The van der Waals surface area contributed by atoms with Gasteiger partial charge in [-0.3, -0.25) is 4.99 Å². The van der Waals surface area contributed by atoms with Crippen LogP contribution in [0.3, 0.4) is 0 Å². The van der Waals surface area contributed by atoms with Crippen LogP contribution in [0.2, 0.25) is 0 Å². The quantitative estimate of drug-likeness (QED) is 0.425. The monoisotopic (exact) mass is 424 g/mol. The van der Waals surface area contributed by atoms with Gasteiger partial charge in [-0.1, -0.05) is 13.8 Å². The van der Waals surface area contributed by atoms with Crippen LogP contribution in [-0.4, -0.2) is 75.3 Å². The van der Waals surface area contributed by atoms with Crippen molar-refractivity contribution in [3.05, 3.63) is 0 Å². The summed E-state index contributed by atoms with van der Waals surface area (Å²) in [6.07, 6.45) is 2.89. The Morgan fingerprint density at radius 3 is 2.73 bits per heavy atom. The summed E-state index contributed by atoms with van der Waals surface area (Å²) in [5, 5.41) is 3.50. The van der Waals surface area contributed by atoms with Gasteiger partial charge < -0.3 is 19.9 Å². The van der Waals surface area contributed by atoms with Crippen molar-refractivity contribution in [2.24, 2.45) is 16.8 Å². The highest BCUT2D eigenvalue weighted by molar-refractivity contribution is 14.0. The summed E-state index contributed by atoms with van der Waals surface area (Å²) in [6, 6.07) is 0. The first-order valence-electron chi connectivity index (χ1n) is 8.34. The lowest BCUT2D eigenvalue weighted by atomic mass is 9.97. The highest BCUT2D eigenvalue weighted by atomic mass is 127. The minimum atomic E-state index is 0. The van der Waals surface area contributed by atoms with Crippen LogP contribution in [0.25, 0.3) is 0 Å². The Morgan fingerprint density at radius 2 is 2.09 bits per heavy atom. The fourth-order valence-corrected chi connectivity index (χ4v) is 3.41. The predicted octanol–water partition coefficient (Wildman–Crippen LogP) is 1.88. The van der Waals surface area contributed by atoms with Crippen molar-refractivity contribution in [1.82, 2.24) is 15.1 Å². The van der Waals surface area contributed by atoms with E-state index in [1.807, 2.05) is 7.05 Å². The highest BCUT2D eigenvalue weighted by Crippen LogP contribution is 2.23. The van der Waals surface area contributed by atoms with Gasteiger partial charge in [-0.25, -0.2) is 0 Å². The molecule has 2 aliphatic heterocycles. The van der Waals surface area contributed by atoms with Gasteiger partial charge in [0.05, 0.1) is 12.7 Å². The molecule has 130 valence electrons. The van der Waals surface area contributed by atoms with E-state index in [-0.39, 0.29) is 30.1 Å². The van der Waals surface area contributed by atoms with E-state index in [2.05, 4.69) is 41.0 Å². The Kier molecular flexibility index (Phi) is 9.01. The van der Waals surface area contributed by atoms with Crippen molar-refractivity contribution in [2.45, 2.75) is 32.8 Å². The second-order valence-corrected chi connectivity index (χ2v) is 6.91. The molecule has 2 rings (SSSR count). The van der Waals surface area contributed by atoms with Gasteiger partial charge in [-0.05, 0) is 31.7 Å². The van der Waals surface area contributed by atoms with Crippen LogP contribution in [0.1, 0.15) is 26.7 Å². The average molecular weight is 424 g/mol. The molecule has 0 aromatic carbocycles. The predicted molar refractivity (Wildman–Crippen MR) is 103 cm³/mol. The third kappa shape index (κ3) is 6.20. The van der Waals surface area contributed by atoms with Crippen LogP contribution >= 0.6 is 24.0 Å². The molecule has 2 heterocycles. The molecule has 0 radical (unpaired) electrons. The van der Waals surface area contributed by atoms with Crippen LogP contribution in [0.4, 0.5) is 0 Å². The third-order valence-electron chi connectivity index (χ3n) is 4.43. The molecule has 0 aromatic heterocycles. The lowest BCUT2D eigenvalue weighted by Crippen LogP contribution is -2.49. The molecular formula is C16H33IN4O. The van der Waals surface area contributed by atoms with E-state index in [1.54, 1.807) is 0 Å². The molecule has 0 spiro atoms. The number of ether oxygens (including phenoxy) is 1. The van der Waals surface area contributed by atoms with Gasteiger partial charge in [-0.15, -0.1) is 24.0 Å². The summed E-state index contributed by atoms with van der Waals surface area (Å²) in [5.41, 5.74) is 0. The maximum absolute atomic E-state index is 5.80. The first-order valence-corrected chi connectivity index (χ1v) is 8.34. The highest BCUT2D eigenvalue weighted by Gasteiger charge is 2.26. The summed E-state index contributed by atoms with van der Waals surface area (Å²) in [7, 11) is 4.04. The van der Waals surface area contributed by atoms with Crippen molar-refractivity contribution in [3.8, 4) is 0 Å². The number of nitrogens with zero attached hydrogens (tertiary/aromatic N) is 3. The van der Waals surface area contributed by atoms with Crippen LogP contribution < -0.4 is 5.32 Å².